The van der Waals surface area contributed by atoms with Crippen LogP contribution in [0.15, 0.2) is 0 Å². The summed E-state index contributed by atoms with van der Waals surface area (Å²) in [5.41, 5.74) is 0.697. The number of fused-ring (bicyclic) bond motifs is 2. The van der Waals surface area contributed by atoms with Gasteiger partial charge in [0.1, 0.15) is 0 Å². The van der Waals surface area contributed by atoms with Gasteiger partial charge in [-0.2, -0.15) is 0 Å². The van der Waals surface area contributed by atoms with Crippen LogP contribution < -0.4 is 5.32 Å². The molecule has 0 aromatic rings. The molecule has 1 spiro atoms. The van der Waals surface area contributed by atoms with Gasteiger partial charge in [0, 0.05) is 13.2 Å². The molecule has 6 fully saturated rings. The minimum Gasteiger partial charge on any atom is -0.381 e. The highest BCUT2D eigenvalue weighted by molar-refractivity contribution is 5.24. The van der Waals surface area contributed by atoms with E-state index in [1.54, 1.807) is 12.8 Å². The summed E-state index contributed by atoms with van der Waals surface area (Å²) in [4.78, 5) is 0. The summed E-state index contributed by atoms with van der Waals surface area (Å²) in [5, 5.41) is 4.09. The normalized spacial score (nSPS) is 66.4. The Hall–Kier alpha value is -0.0800. The number of ether oxygens (including phenoxy) is 1. The van der Waals surface area contributed by atoms with Crippen molar-refractivity contribution in [3.05, 3.63) is 0 Å². The summed E-state index contributed by atoms with van der Waals surface area (Å²) in [7, 11) is 2.00. The molecule has 6 rings (SSSR count). The summed E-state index contributed by atoms with van der Waals surface area (Å²) < 4.78 is 6.08. The molecule has 1 unspecified atom stereocenters. The Morgan fingerprint density at radius 2 is 1.95 bits per heavy atom. The van der Waals surface area contributed by atoms with Gasteiger partial charge in [0.05, 0.1) is 6.10 Å². The SMILES string of the molecule is COC1[C@H]2CC[C@@H]3[C@H]4C[C@@H]5[C@H]6CCC[C@]5([C@H](C2)[C@H]13)[C@@H]4NC6. The molecule has 0 aromatic heterocycles. The van der Waals surface area contributed by atoms with Crippen LogP contribution in [0.4, 0.5) is 0 Å². The molecular formula is C19H29NO. The molecule has 0 radical (unpaired) electrons. The fourth-order valence-corrected chi connectivity index (χ4v) is 9.11. The predicted octanol–water partition coefficient (Wildman–Crippen LogP) is 3.07. The van der Waals surface area contributed by atoms with E-state index in [1.165, 1.54) is 38.6 Å². The molecule has 6 aliphatic rings. The van der Waals surface area contributed by atoms with Crippen molar-refractivity contribution >= 4 is 0 Å². The lowest BCUT2D eigenvalue weighted by Gasteiger charge is -2.60. The van der Waals surface area contributed by atoms with Gasteiger partial charge in [-0.3, -0.25) is 0 Å². The summed E-state index contributed by atoms with van der Waals surface area (Å²) in [6.07, 6.45) is 11.2. The van der Waals surface area contributed by atoms with Crippen LogP contribution in [0.25, 0.3) is 0 Å². The van der Waals surface area contributed by atoms with E-state index in [1.807, 2.05) is 7.11 Å². The Labute approximate surface area is 128 Å². The van der Waals surface area contributed by atoms with Crippen LogP contribution in [0, 0.1) is 46.8 Å². The van der Waals surface area contributed by atoms with Crippen molar-refractivity contribution < 1.29 is 4.74 Å². The highest BCUT2D eigenvalue weighted by atomic mass is 16.5. The van der Waals surface area contributed by atoms with E-state index in [0.29, 0.717) is 11.5 Å². The number of nitrogens with one attached hydrogen (secondary N) is 1. The zero-order chi connectivity index (χ0) is 13.8. The van der Waals surface area contributed by atoms with Crippen molar-refractivity contribution in [2.24, 2.45) is 46.8 Å². The number of methoxy groups -OCH3 is 1. The molecule has 21 heavy (non-hydrogen) atoms. The van der Waals surface area contributed by atoms with Gasteiger partial charge in [0.25, 0.3) is 0 Å². The van der Waals surface area contributed by atoms with Gasteiger partial charge in [0.2, 0.25) is 0 Å². The maximum atomic E-state index is 6.08. The number of hydrogen-bond donors (Lipinski definition) is 1. The Bertz CT molecular complexity index is 478. The third kappa shape index (κ3) is 1.20. The zero-order valence-corrected chi connectivity index (χ0v) is 13.3. The number of hydrogen-bond acceptors (Lipinski definition) is 2. The van der Waals surface area contributed by atoms with E-state index >= 15 is 0 Å². The number of piperidine rings is 1. The monoisotopic (exact) mass is 287 g/mol. The lowest BCUT2D eigenvalue weighted by molar-refractivity contribution is -0.118. The first-order valence-electron chi connectivity index (χ1n) is 9.61. The molecule has 2 nitrogen and oxygen atoms in total. The standard InChI is InChI=1S/C19H29NO/c1-21-17-10-4-5-12-13-8-14-11-3-2-6-19(14,18(13)20-9-11)15(7-10)16(12)17/h10-18,20H,2-9H2,1H3/t10-,11-,12+,13+,14+,15+,16+,17?,18+,19-/m0/s1. The Morgan fingerprint density at radius 1 is 1.00 bits per heavy atom. The fourth-order valence-electron chi connectivity index (χ4n) is 9.11. The van der Waals surface area contributed by atoms with Crippen molar-refractivity contribution in [2.75, 3.05) is 13.7 Å². The summed E-state index contributed by atoms with van der Waals surface area (Å²) in [5.74, 6) is 6.91. The van der Waals surface area contributed by atoms with Crippen LogP contribution in [0.2, 0.25) is 0 Å². The van der Waals surface area contributed by atoms with E-state index in [0.717, 1.165) is 47.5 Å². The van der Waals surface area contributed by atoms with E-state index in [9.17, 15) is 0 Å². The smallest absolute Gasteiger partial charge is 0.0633 e. The van der Waals surface area contributed by atoms with Gasteiger partial charge < -0.3 is 10.1 Å². The summed E-state index contributed by atoms with van der Waals surface area (Å²) in [6.45, 7) is 1.34. The highest BCUT2D eigenvalue weighted by Gasteiger charge is 2.73. The van der Waals surface area contributed by atoms with Crippen LogP contribution >= 0.6 is 0 Å². The Kier molecular flexibility index (Phi) is 2.28. The van der Waals surface area contributed by atoms with Crippen molar-refractivity contribution in [3.63, 3.8) is 0 Å². The van der Waals surface area contributed by atoms with Crippen LogP contribution in [0.5, 0.6) is 0 Å². The third-order valence-corrected chi connectivity index (χ3v) is 9.32. The van der Waals surface area contributed by atoms with E-state index < -0.39 is 0 Å². The first kappa shape index (κ1) is 12.4. The molecule has 1 aliphatic heterocycles. The second kappa shape index (κ2) is 3.87. The molecule has 5 saturated carbocycles. The second-order valence-electron chi connectivity index (χ2n) is 9.28. The molecule has 7 bridgehead atoms. The average molecular weight is 287 g/mol. The van der Waals surface area contributed by atoms with Crippen LogP contribution in [-0.2, 0) is 4.74 Å². The molecule has 1 saturated heterocycles. The minimum atomic E-state index is 0.618. The molecule has 2 heteroatoms. The molecule has 1 N–H and O–H groups in total. The van der Waals surface area contributed by atoms with Gasteiger partial charge in [-0.05, 0) is 91.9 Å². The first-order valence-corrected chi connectivity index (χ1v) is 9.61. The largest absolute Gasteiger partial charge is 0.381 e. The molecule has 0 aromatic carbocycles. The van der Waals surface area contributed by atoms with Crippen molar-refractivity contribution in [3.8, 4) is 0 Å². The average Bonchev–Trinajstić information content (AvgIpc) is 2.83. The van der Waals surface area contributed by atoms with Gasteiger partial charge in [-0.1, -0.05) is 6.42 Å². The first-order chi connectivity index (χ1) is 10.3. The van der Waals surface area contributed by atoms with Gasteiger partial charge in [0.15, 0.2) is 0 Å². The fraction of sp³-hybridized carbons (Fsp3) is 1.00. The highest BCUT2D eigenvalue weighted by Crippen LogP contribution is 2.74. The van der Waals surface area contributed by atoms with E-state index in [2.05, 4.69) is 5.32 Å². The topological polar surface area (TPSA) is 21.3 Å². The lowest BCUT2D eigenvalue weighted by atomic mass is 9.49. The van der Waals surface area contributed by atoms with Crippen molar-refractivity contribution in [1.29, 1.82) is 0 Å². The minimum absolute atomic E-state index is 0.618. The van der Waals surface area contributed by atoms with E-state index in [4.69, 9.17) is 4.74 Å². The molecule has 0 amide bonds. The third-order valence-electron chi connectivity index (χ3n) is 9.32. The Balaban J connectivity index is 1.53. The number of rotatable bonds is 1. The van der Waals surface area contributed by atoms with Crippen LogP contribution in [0.3, 0.4) is 0 Å². The molecule has 10 atom stereocenters. The van der Waals surface area contributed by atoms with E-state index in [-0.39, 0.29) is 0 Å². The molecule has 5 aliphatic carbocycles. The van der Waals surface area contributed by atoms with Gasteiger partial charge >= 0.3 is 0 Å². The Morgan fingerprint density at radius 3 is 2.86 bits per heavy atom. The zero-order valence-electron chi connectivity index (χ0n) is 13.3. The lowest BCUT2D eigenvalue weighted by Crippen LogP contribution is -2.64. The van der Waals surface area contributed by atoms with Gasteiger partial charge in [-0.15, -0.1) is 0 Å². The van der Waals surface area contributed by atoms with Crippen molar-refractivity contribution in [1.82, 2.24) is 5.32 Å². The second-order valence-corrected chi connectivity index (χ2v) is 9.28. The van der Waals surface area contributed by atoms with Crippen LogP contribution in [-0.4, -0.2) is 25.8 Å². The molecule has 1 heterocycles. The summed E-state index contributed by atoms with van der Waals surface area (Å²) in [6, 6.07) is 0.889. The molecule has 116 valence electrons. The van der Waals surface area contributed by atoms with Crippen LogP contribution in [0.1, 0.15) is 44.9 Å². The molecular weight excluding hydrogens is 258 g/mol. The quantitative estimate of drug-likeness (QED) is 0.800. The predicted molar refractivity (Wildman–Crippen MR) is 81.8 cm³/mol. The maximum absolute atomic E-state index is 6.08. The maximum Gasteiger partial charge on any atom is 0.0633 e. The summed E-state index contributed by atoms with van der Waals surface area (Å²) >= 11 is 0. The van der Waals surface area contributed by atoms with Crippen molar-refractivity contribution in [2.45, 2.75) is 57.1 Å². The van der Waals surface area contributed by atoms with Gasteiger partial charge in [-0.25, -0.2) is 0 Å².